The lowest BCUT2D eigenvalue weighted by atomic mass is 9.91. The molecule has 0 saturated heterocycles. The molecule has 0 amide bonds. The van der Waals surface area contributed by atoms with Gasteiger partial charge in [-0.3, -0.25) is 4.79 Å². The highest BCUT2D eigenvalue weighted by Gasteiger charge is 2.27. The summed E-state index contributed by atoms with van der Waals surface area (Å²) in [4.78, 5) is 12.8. The maximum absolute atomic E-state index is 13.8. The second-order valence-electron chi connectivity index (χ2n) is 6.26. The molecule has 0 radical (unpaired) electrons. The number of ketones is 1. The Hall–Kier alpha value is -3.13. The third-order valence-corrected chi connectivity index (χ3v) is 4.77. The number of nitriles is 1. The molecule has 2 aromatic rings. The third kappa shape index (κ3) is 2.30. The topological polar surface area (TPSA) is 57.8 Å². The van der Waals surface area contributed by atoms with Crippen molar-refractivity contribution in [3.8, 4) is 6.07 Å². The number of halogens is 1. The number of nitrogens with zero attached hydrogens (tertiary/aromatic N) is 2. The van der Waals surface area contributed by atoms with E-state index in [0.29, 0.717) is 11.1 Å². The van der Waals surface area contributed by atoms with Crippen LogP contribution in [0.5, 0.6) is 0 Å². The highest BCUT2D eigenvalue weighted by Crippen LogP contribution is 2.23. The van der Waals surface area contributed by atoms with Gasteiger partial charge in [-0.2, -0.15) is 5.26 Å². The monoisotopic (exact) mass is 333 g/mol. The van der Waals surface area contributed by atoms with Crippen LogP contribution < -0.4 is 16.0 Å². The van der Waals surface area contributed by atoms with Gasteiger partial charge in [0, 0.05) is 24.9 Å². The van der Waals surface area contributed by atoms with Gasteiger partial charge >= 0.3 is 0 Å². The summed E-state index contributed by atoms with van der Waals surface area (Å²) in [5, 5.41) is 14.4. The molecule has 0 fully saturated rings. The van der Waals surface area contributed by atoms with Crippen molar-refractivity contribution < 1.29 is 9.18 Å². The molecule has 0 spiro atoms. The number of aromatic nitrogens is 1. The largest absolute Gasteiger partial charge is 0.389 e. The van der Waals surface area contributed by atoms with Gasteiger partial charge in [0.2, 0.25) is 5.78 Å². The van der Waals surface area contributed by atoms with E-state index < -0.39 is 0 Å². The van der Waals surface area contributed by atoms with E-state index in [4.69, 9.17) is 0 Å². The zero-order valence-corrected chi connectivity index (χ0v) is 13.8. The number of hydrogen-bond acceptors (Lipinski definition) is 3. The number of carbonyl (C=O) groups is 1. The second-order valence-corrected chi connectivity index (χ2v) is 6.26. The normalized spacial score (nSPS) is 16.0. The van der Waals surface area contributed by atoms with E-state index in [2.05, 4.69) is 9.88 Å². The number of carbonyl (C=O) groups excluding carboxylic acids is 1. The highest BCUT2D eigenvalue weighted by atomic mass is 19.1. The van der Waals surface area contributed by atoms with Gasteiger partial charge in [-0.25, -0.2) is 4.39 Å². The molecule has 1 aromatic carbocycles. The molecule has 1 N–H and O–H groups in total. The molecule has 124 valence electrons. The molecule has 0 unspecified atom stereocenters. The summed E-state index contributed by atoms with van der Waals surface area (Å²) in [5.41, 5.74) is 2.87. The number of benzene rings is 1. The number of hydrogen-bond donors (Lipinski definition) is 1. The first-order valence-corrected chi connectivity index (χ1v) is 8.21. The maximum atomic E-state index is 13.8. The molecule has 0 bridgehead atoms. The Morgan fingerprint density at radius 1 is 1.36 bits per heavy atom. The second kappa shape index (κ2) is 5.75. The third-order valence-electron chi connectivity index (χ3n) is 4.77. The van der Waals surface area contributed by atoms with Crippen LogP contribution in [-0.4, -0.2) is 16.9 Å². The molecular weight excluding hydrogens is 317 g/mol. The summed E-state index contributed by atoms with van der Waals surface area (Å²) in [7, 11) is 0. The van der Waals surface area contributed by atoms with Crippen LogP contribution in [0.4, 0.5) is 4.39 Å². The highest BCUT2D eigenvalue weighted by molar-refractivity contribution is 6.16. The lowest BCUT2D eigenvalue weighted by Crippen LogP contribution is -2.32. The van der Waals surface area contributed by atoms with Crippen LogP contribution in [0.3, 0.4) is 0 Å². The van der Waals surface area contributed by atoms with Crippen molar-refractivity contribution in [2.75, 3.05) is 6.54 Å². The van der Waals surface area contributed by atoms with Crippen molar-refractivity contribution in [1.82, 2.24) is 9.88 Å². The van der Waals surface area contributed by atoms with Gasteiger partial charge < -0.3 is 9.88 Å². The molecule has 1 aliphatic heterocycles. The van der Waals surface area contributed by atoms with Crippen LogP contribution in [-0.2, 0) is 6.54 Å². The maximum Gasteiger partial charge on any atom is 0.206 e. The Kier molecular flexibility index (Phi) is 3.54. The van der Waals surface area contributed by atoms with Crippen LogP contribution in [0.2, 0.25) is 0 Å². The first kappa shape index (κ1) is 15.4. The van der Waals surface area contributed by atoms with Crippen molar-refractivity contribution >= 4 is 17.6 Å². The van der Waals surface area contributed by atoms with Gasteiger partial charge in [0.15, 0.2) is 0 Å². The van der Waals surface area contributed by atoms with Gasteiger partial charge in [-0.15, -0.1) is 0 Å². The summed E-state index contributed by atoms with van der Waals surface area (Å²) in [5.74, 6) is -0.605. The SMILES string of the molecule is Cc1c2c(n3c1=CNCCC3)=C(c1cccc(F)c1)C=C(C#N)C2=O. The van der Waals surface area contributed by atoms with Crippen molar-refractivity contribution in [2.24, 2.45) is 0 Å². The Morgan fingerprint density at radius 2 is 2.20 bits per heavy atom. The van der Waals surface area contributed by atoms with Gasteiger partial charge in [-0.05, 0) is 42.7 Å². The fraction of sp³-hybridized carbons (Fsp3) is 0.200. The Bertz CT molecular complexity index is 1100. The van der Waals surface area contributed by atoms with Crippen molar-refractivity contribution in [3.05, 3.63) is 69.1 Å². The van der Waals surface area contributed by atoms with Crippen LogP contribution in [0.1, 0.15) is 27.9 Å². The van der Waals surface area contributed by atoms with Crippen molar-refractivity contribution in [3.63, 3.8) is 0 Å². The summed E-state index contributed by atoms with van der Waals surface area (Å²) < 4.78 is 15.9. The average molecular weight is 333 g/mol. The fourth-order valence-electron chi connectivity index (χ4n) is 3.62. The molecule has 5 heteroatoms. The molecule has 2 aliphatic rings. The zero-order valence-electron chi connectivity index (χ0n) is 13.8. The molecule has 25 heavy (non-hydrogen) atoms. The molecule has 0 atom stereocenters. The van der Waals surface area contributed by atoms with E-state index in [1.807, 2.05) is 19.2 Å². The molecule has 2 heterocycles. The molecule has 1 aliphatic carbocycles. The summed E-state index contributed by atoms with van der Waals surface area (Å²) in [6.07, 6.45) is 4.43. The van der Waals surface area contributed by atoms with E-state index in [1.54, 1.807) is 18.2 Å². The molecule has 4 nitrogen and oxygen atoms in total. The van der Waals surface area contributed by atoms with Crippen LogP contribution in [0.15, 0.2) is 35.9 Å². The molecule has 0 saturated carbocycles. The minimum absolute atomic E-state index is 0.0866. The summed E-state index contributed by atoms with van der Waals surface area (Å²) in [6, 6.07) is 8.26. The average Bonchev–Trinajstić information content (AvgIpc) is 2.77. The number of fused-ring (bicyclic) bond motifs is 3. The zero-order chi connectivity index (χ0) is 17.6. The summed E-state index contributed by atoms with van der Waals surface area (Å²) >= 11 is 0. The minimum atomic E-state index is -0.344. The Labute approximate surface area is 144 Å². The van der Waals surface area contributed by atoms with Crippen LogP contribution in [0, 0.1) is 24.1 Å². The lowest BCUT2D eigenvalue weighted by molar-refractivity contribution is 0.103. The van der Waals surface area contributed by atoms with E-state index in [1.165, 1.54) is 12.1 Å². The van der Waals surface area contributed by atoms with Gasteiger partial charge in [0.25, 0.3) is 0 Å². The van der Waals surface area contributed by atoms with Crippen molar-refractivity contribution in [2.45, 2.75) is 19.9 Å². The number of nitrogens with one attached hydrogen (secondary N) is 1. The standard InChI is InChI=1S/C20H16FN3O/c1-12-17-11-23-6-3-7-24(17)19-16(13-4-2-5-15(21)8-13)9-14(10-22)20(25)18(12)19/h2,4-5,8-9,11,23H,3,6-7H2,1H3. The number of rotatable bonds is 1. The Morgan fingerprint density at radius 3 is 2.96 bits per heavy atom. The Balaban J connectivity index is 2.18. The quantitative estimate of drug-likeness (QED) is 0.861. The molecular formula is C20H16FN3O. The van der Waals surface area contributed by atoms with Crippen molar-refractivity contribution in [1.29, 1.82) is 5.26 Å². The predicted molar refractivity (Wildman–Crippen MR) is 92.4 cm³/mol. The first-order chi connectivity index (χ1) is 12.1. The predicted octanol–water partition coefficient (Wildman–Crippen LogP) is 1.51. The minimum Gasteiger partial charge on any atom is -0.389 e. The summed E-state index contributed by atoms with van der Waals surface area (Å²) in [6.45, 7) is 3.52. The first-order valence-electron chi connectivity index (χ1n) is 8.21. The van der Waals surface area contributed by atoms with Gasteiger partial charge in [-0.1, -0.05) is 12.1 Å². The molecule has 1 aromatic heterocycles. The van der Waals surface area contributed by atoms with Crippen LogP contribution >= 0.6 is 0 Å². The van der Waals surface area contributed by atoms with E-state index >= 15 is 0 Å². The van der Waals surface area contributed by atoms with E-state index in [-0.39, 0.29) is 17.2 Å². The van der Waals surface area contributed by atoms with E-state index in [0.717, 1.165) is 41.3 Å². The smallest absolute Gasteiger partial charge is 0.206 e. The van der Waals surface area contributed by atoms with E-state index in [9.17, 15) is 14.4 Å². The van der Waals surface area contributed by atoms with Gasteiger partial charge in [0.05, 0.1) is 16.3 Å². The van der Waals surface area contributed by atoms with Gasteiger partial charge in [0.1, 0.15) is 17.5 Å². The lowest BCUT2D eigenvalue weighted by Gasteiger charge is -2.13. The molecule has 4 rings (SSSR count). The fourth-order valence-corrected chi connectivity index (χ4v) is 3.62. The number of allylic oxidation sites excluding steroid dienone is 2. The number of Topliss-reactive ketones (excluding diaryl/α,β-unsaturated/α-hetero) is 1. The van der Waals surface area contributed by atoms with Crippen LogP contribution in [0.25, 0.3) is 11.8 Å².